The molecule has 0 bridgehead atoms. The number of carbonyl (C=O) groups excluding carboxylic acids is 1. The predicted molar refractivity (Wildman–Crippen MR) is 66.9 cm³/mol. The van der Waals surface area contributed by atoms with Gasteiger partial charge in [0, 0.05) is 17.5 Å². The summed E-state index contributed by atoms with van der Waals surface area (Å²) in [6.07, 6.45) is 0. The van der Waals surface area contributed by atoms with Gasteiger partial charge in [0.2, 0.25) is 0 Å². The minimum Gasteiger partial charge on any atom is -0.482 e. The highest BCUT2D eigenvalue weighted by atomic mass is 35.5. The van der Waals surface area contributed by atoms with Crippen LogP contribution in [0.4, 0.5) is 0 Å². The first-order valence-corrected chi connectivity index (χ1v) is 5.50. The molecule has 0 radical (unpaired) electrons. The van der Waals surface area contributed by atoms with Gasteiger partial charge in [0.05, 0.1) is 5.02 Å². The molecule has 0 atom stereocenters. The molecule has 0 saturated heterocycles. The molecule has 1 heterocycles. The fraction of sp³-hybridized carbons (Fsp3) is 0.167. The molecule has 18 heavy (non-hydrogen) atoms. The molecule has 5 nitrogen and oxygen atoms in total. The average Bonchev–Trinajstić information content (AvgIpc) is 2.27. The molecule has 0 aliphatic heterocycles. The normalized spacial score (nSPS) is 10.6. The van der Waals surface area contributed by atoms with Crippen LogP contribution in [0.15, 0.2) is 27.4 Å². The maximum Gasteiger partial charge on any atom is 0.336 e. The topological polar surface area (TPSA) is 82.5 Å². The number of hydrogen-bond acceptors (Lipinski definition) is 4. The maximum atomic E-state index is 11.3. The number of halogens is 1. The summed E-state index contributed by atoms with van der Waals surface area (Å²) in [6, 6.07) is 4.46. The molecule has 0 unspecified atom stereocenters. The van der Waals surface area contributed by atoms with E-state index in [-0.39, 0.29) is 12.4 Å². The third kappa shape index (κ3) is 2.46. The van der Waals surface area contributed by atoms with Crippen LogP contribution in [0.2, 0.25) is 5.02 Å². The summed E-state index contributed by atoms with van der Waals surface area (Å²) in [5.41, 5.74) is 5.62. The Balaban J connectivity index is 2.53. The number of nitrogens with two attached hydrogens (primary N) is 1. The van der Waals surface area contributed by atoms with Crippen molar-refractivity contribution < 1.29 is 13.9 Å². The molecule has 0 saturated carbocycles. The van der Waals surface area contributed by atoms with Crippen LogP contribution >= 0.6 is 11.6 Å². The van der Waals surface area contributed by atoms with Gasteiger partial charge in [-0.3, -0.25) is 4.79 Å². The zero-order chi connectivity index (χ0) is 13.3. The highest BCUT2D eigenvalue weighted by Gasteiger charge is 2.09. The zero-order valence-corrected chi connectivity index (χ0v) is 10.3. The van der Waals surface area contributed by atoms with Crippen LogP contribution in [-0.4, -0.2) is 12.5 Å². The van der Waals surface area contributed by atoms with Crippen LogP contribution in [0.1, 0.15) is 5.56 Å². The molecule has 1 amide bonds. The number of aryl methyl sites for hydroxylation is 1. The Bertz CT molecular complexity index is 678. The number of rotatable bonds is 3. The fourth-order valence-electron chi connectivity index (χ4n) is 1.58. The smallest absolute Gasteiger partial charge is 0.336 e. The lowest BCUT2D eigenvalue weighted by atomic mass is 10.1. The van der Waals surface area contributed by atoms with Crippen LogP contribution in [0.3, 0.4) is 0 Å². The molecule has 0 aliphatic carbocycles. The second-order valence-corrected chi connectivity index (χ2v) is 4.19. The quantitative estimate of drug-likeness (QED) is 0.857. The average molecular weight is 268 g/mol. The number of benzene rings is 1. The van der Waals surface area contributed by atoms with Crippen molar-refractivity contribution in [2.45, 2.75) is 6.92 Å². The lowest BCUT2D eigenvalue weighted by molar-refractivity contribution is -0.119. The maximum absolute atomic E-state index is 11.3. The third-order valence-electron chi connectivity index (χ3n) is 2.37. The highest BCUT2D eigenvalue weighted by Crippen LogP contribution is 2.30. The van der Waals surface area contributed by atoms with Crippen molar-refractivity contribution in [1.82, 2.24) is 0 Å². The second-order valence-electron chi connectivity index (χ2n) is 3.78. The first-order valence-electron chi connectivity index (χ1n) is 5.12. The van der Waals surface area contributed by atoms with Crippen molar-refractivity contribution >= 4 is 28.5 Å². The summed E-state index contributed by atoms with van der Waals surface area (Å²) >= 11 is 6.00. The van der Waals surface area contributed by atoms with Gasteiger partial charge < -0.3 is 14.9 Å². The summed E-state index contributed by atoms with van der Waals surface area (Å²) in [5.74, 6) is -0.367. The van der Waals surface area contributed by atoms with E-state index < -0.39 is 11.5 Å². The Kier molecular flexibility index (Phi) is 3.25. The first kappa shape index (κ1) is 12.4. The Morgan fingerprint density at radius 2 is 2.17 bits per heavy atom. The fourth-order valence-corrected chi connectivity index (χ4v) is 1.80. The van der Waals surface area contributed by atoms with E-state index in [4.69, 9.17) is 26.5 Å². The van der Waals surface area contributed by atoms with Gasteiger partial charge >= 0.3 is 5.63 Å². The SMILES string of the molecule is Cc1cc(=O)oc2cc(OCC(N)=O)c(Cl)cc12. The number of carbonyl (C=O) groups is 1. The molecule has 0 aliphatic rings. The zero-order valence-electron chi connectivity index (χ0n) is 9.53. The van der Waals surface area contributed by atoms with E-state index in [0.29, 0.717) is 16.0 Å². The van der Waals surface area contributed by atoms with Crippen LogP contribution in [0.5, 0.6) is 5.75 Å². The van der Waals surface area contributed by atoms with Gasteiger partial charge in [0.25, 0.3) is 5.91 Å². The minimum absolute atomic E-state index is 0.247. The van der Waals surface area contributed by atoms with Gasteiger partial charge in [0.1, 0.15) is 11.3 Å². The number of amides is 1. The summed E-state index contributed by atoms with van der Waals surface area (Å²) in [5, 5.41) is 1.03. The molecule has 1 aromatic carbocycles. The Morgan fingerprint density at radius 1 is 1.44 bits per heavy atom. The van der Waals surface area contributed by atoms with E-state index in [1.54, 1.807) is 13.0 Å². The number of fused-ring (bicyclic) bond motifs is 1. The van der Waals surface area contributed by atoms with Gasteiger partial charge in [-0.15, -0.1) is 0 Å². The van der Waals surface area contributed by atoms with E-state index in [1.165, 1.54) is 12.1 Å². The van der Waals surface area contributed by atoms with Crippen LogP contribution < -0.4 is 16.1 Å². The van der Waals surface area contributed by atoms with Gasteiger partial charge in [-0.05, 0) is 18.6 Å². The Labute approximate surface area is 107 Å². The molecule has 2 rings (SSSR count). The predicted octanol–water partition coefficient (Wildman–Crippen LogP) is 1.62. The third-order valence-corrected chi connectivity index (χ3v) is 2.67. The van der Waals surface area contributed by atoms with Crippen molar-refractivity contribution in [2.75, 3.05) is 6.61 Å². The largest absolute Gasteiger partial charge is 0.482 e. The summed E-state index contributed by atoms with van der Waals surface area (Å²) in [4.78, 5) is 21.9. The van der Waals surface area contributed by atoms with E-state index >= 15 is 0 Å². The number of ether oxygens (including phenoxy) is 1. The molecule has 6 heteroatoms. The molecule has 2 N–H and O–H groups in total. The molecular formula is C12H10ClNO4. The van der Waals surface area contributed by atoms with Gasteiger partial charge in [-0.25, -0.2) is 4.79 Å². The van der Waals surface area contributed by atoms with Gasteiger partial charge in [0.15, 0.2) is 6.61 Å². The Morgan fingerprint density at radius 3 is 2.83 bits per heavy atom. The van der Waals surface area contributed by atoms with Crippen molar-refractivity contribution in [2.24, 2.45) is 5.73 Å². The lowest BCUT2D eigenvalue weighted by Gasteiger charge is -2.08. The van der Waals surface area contributed by atoms with Crippen LogP contribution in [0.25, 0.3) is 11.0 Å². The van der Waals surface area contributed by atoms with E-state index in [1.807, 2.05) is 0 Å². The number of primary amides is 1. The lowest BCUT2D eigenvalue weighted by Crippen LogP contribution is -2.20. The monoisotopic (exact) mass is 267 g/mol. The molecule has 2 aromatic rings. The molecule has 0 fully saturated rings. The molecule has 1 aromatic heterocycles. The van der Waals surface area contributed by atoms with E-state index in [9.17, 15) is 9.59 Å². The molecule has 94 valence electrons. The summed E-state index contributed by atoms with van der Waals surface area (Å²) in [6.45, 7) is 1.49. The van der Waals surface area contributed by atoms with Gasteiger partial charge in [-0.2, -0.15) is 0 Å². The first-order chi connectivity index (χ1) is 8.47. The van der Waals surface area contributed by atoms with Crippen LogP contribution in [0, 0.1) is 6.92 Å². The van der Waals surface area contributed by atoms with Crippen molar-refractivity contribution in [3.05, 3.63) is 39.2 Å². The minimum atomic E-state index is -0.614. The van der Waals surface area contributed by atoms with Crippen molar-refractivity contribution in [3.8, 4) is 5.75 Å². The van der Waals surface area contributed by atoms with E-state index in [2.05, 4.69) is 0 Å². The van der Waals surface area contributed by atoms with E-state index in [0.717, 1.165) is 5.56 Å². The van der Waals surface area contributed by atoms with Crippen LogP contribution in [-0.2, 0) is 4.79 Å². The molecule has 0 spiro atoms. The highest BCUT2D eigenvalue weighted by molar-refractivity contribution is 6.32. The van der Waals surface area contributed by atoms with Gasteiger partial charge in [-0.1, -0.05) is 11.6 Å². The number of hydrogen-bond donors (Lipinski definition) is 1. The standard InChI is InChI=1S/C12H10ClNO4/c1-6-2-12(16)18-9-4-10(17-5-11(14)15)8(13)3-7(6)9/h2-4H,5H2,1H3,(H2,14,15). The molecular weight excluding hydrogens is 258 g/mol. The Hall–Kier alpha value is -2.01. The van der Waals surface area contributed by atoms with Crippen molar-refractivity contribution in [1.29, 1.82) is 0 Å². The summed E-state index contributed by atoms with van der Waals surface area (Å²) < 4.78 is 10.2. The second kappa shape index (κ2) is 4.70. The summed E-state index contributed by atoms with van der Waals surface area (Å²) in [7, 11) is 0. The van der Waals surface area contributed by atoms with Crippen molar-refractivity contribution in [3.63, 3.8) is 0 Å².